The molecule has 0 spiro atoms. The van der Waals surface area contributed by atoms with Crippen molar-refractivity contribution in [3.05, 3.63) is 46.3 Å². The number of H-pyrrole nitrogens is 1. The highest BCUT2D eigenvalue weighted by Gasteiger charge is 2.28. The Kier molecular flexibility index (Phi) is 4.55. The van der Waals surface area contributed by atoms with Crippen LogP contribution < -0.4 is 5.32 Å². The topological polar surface area (TPSA) is 70.7 Å². The van der Waals surface area contributed by atoms with E-state index in [2.05, 4.69) is 45.9 Å². The number of hydrogen-bond donors (Lipinski definition) is 2. The first-order valence-corrected chi connectivity index (χ1v) is 9.55. The predicted molar refractivity (Wildman–Crippen MR) is 96.2 cm³/mol. The maximum Gasteiger partial charge on any atom is 0.223 e. The average molecular weight is 338 g/mol. The highest BCUT2D eigenvalue weighted by atomic mass is 16.1. The van der Waals surface area contributed by atoms with E-state index in [1.165, 1.54) is 42.4 Å². The van der Waals surface area contributed by atoms with E-state index in [0.717, 1.165) is 30.7 Å². The lowest BCUT2D eigenvalue weighted by molar-refractivity contribution is -0.126. The number of fused-ring (bicyclic) bond motifs is 2. The Hall–Kier alpha value is -2.17. The van der Waals surface area contributed by atoms with Gasteiger partial charge in [-0.25, -0.2) is 0 Å². The zero-order chi connectivity index (χ0) is 17.2. The summed E-state index contributed by atoms with van der Waals surface area (Å²) >= 11 is 0. The normalized spacial score (nSPS) is 20.4. The summed E-state index contributed by atoms with van der Waals surface area (Å²) in [7, 11) is 0. The number of aromatic nitrogens is 3. The molecule has 2 aromatic rings. The summed E-state index contributed by atoms with van der Waals surface area (Å²) in [6, 6.07) is 6.88. The lowest BCUT2D eigenvalue weighted by Crippen LogP contribution is -2.36. The van der Waals surface area contributed by atoms with E-state index in [0.29, 0.717) is 6.42 Å². The molecule has 4 rings (SSSR count). The number of carbonyl (C=O) groups excluding carboxylic acids is 1. The molecule has 0 bridgehead atoms. The molecule has 5 heteroatoms. The number of hydrogen-bond acceptors (Lipinski definition) is 3. The van der Waals surface area contributed by atoms with Crippen LogP contribution in [0.2, 0.25) is 0 Å². The molecule has 25 heavy (non-hydrogen) atoms. The van der Waals surface area contributed by atoms with Gasteiger partial charge < -0.3 is 5.32 Å². The van der Waals surface area contributed by atoms with Crippen molar-refractivity contribution in [2.75, 3.05) is 0 Å². The molecule has 0 radical (unpaired) electrons. The van der Waals surface area contributed by atoms with Crippen molar-refractivity contribution in [2.45, 2.75) is 64.3 Å². The van der Waals surface area contributed by atoms with Gasteiger partial charge in [0.2, 0.25) is 5.91 Å². The standard InChI is InChI=1S/C20H26N4O/c1-2-17(15-8-7-13-5-3-4-6-14(13)11-15)21-20(25)16-9-10-18-19(12-16)23-24-22-18/h7-8,11,16-17H,2-6,9-10,12H2,1H3,(H,21,25)(H,22,23,24). The largest absolute Gasteiger partial charge is 0.349 e. The summed E-state index contributed by atoms with van der Waals surface area (Å²) in [6.07, 6.45) is 8.23. The van der Waals surface area contributed by atoms with Crippen LogP contribution in [-0.4, -0.2) is 21.3 Å². The molecular weight excluding hydrogens is 312 g/mol. The lowest BCUT2D eigenvalue weighted by Gasteiger charge is -2.25. The van der Waals surface area contributed by atoms with Crippen LogP contribution >= 0.6 is 0 Å². The van der Waals surface area contributed by atoms with Gasteiger partial charge in [0.15, 0.2) is 0 Å². The third-order valence-corrected chi connectivity index (χ3v) is 5.74. The molecule has 2 atom stereocenters. The summed E-state index contributed by atoms with van der Waals surface area (Å²) in [6.45, 7) is 2.14. The summed E-state index contributed by atoms with van der Waals surface area (Å²) in [5, 5.41) is 14.3. The van der Waals surface area contributed by atoms with E-state index in [1.807, 2.05) is 0 Å². The fourth-order valence-electron chi connectivity index (χ4n) is 4.19. The Morgan fingerprint density at radius 1 is 1.20 bits per heavy atom. The average Bonchev–Trinajstić information content (AvgIpc) is 3.13. The minimum absolute atomic E-state index is 0.00396. The van der Waals surface area contributed by atoms with Gasteiger partial charge in [0.25, 0.3) is 0 Å². The monoisotopic (exact) mass is 338 g/mol. The number of nitrogens with one attached hydrogen (secondary N) is 2. The number of benzene rings is 1. The lowest BCUT2D eigenvalue weighted by atomic mass is 9.87. The SMILES string of the molecule is CCC(NC(=O)C1CCc2n[nH]nc2C1)c1ccc2c(c1)CCCC2. The van der Waals surface area contributed by atoms with Gasteiger partial charge in [-0.05, 0) is 61.6 Å². The molecule has 2 aliphatic rings. The molecule has 1 aromatic heterocycles. The van der Waals surface area contributed by atoms with Gasteiger partial charge in [-0.1, -0.05) is 25.1 Å². The molecule has 1 amide bonds. The third-order valence-electron chi connectivity index (χ3n) is 5.74. The first kappa shape index (κ1) is 16.3. The van der Waals surface area contributed by atoms with Gasteiger partial charge in [-0.2, -0.15) is 15.4 Å². The van der Waals surface area contributed by atoms with Gasteiger partial charge in [-0.15, -0.1) is 0 Å². The Morgan fingerprint density at radius 2 is 2.00 bits per heavy atom. The molecule has 0 saturated carbocycles. The molecule has 0 aliphatic heterocycles. The predicted octanol–water partition coefficient (Wildman–Crippen LogP) is 3.06. The molecule has 132 valence electrons. The van der Waals surface area contributed by atoms with Crippen molar-refractivity contribution >= 4 is 5.91 Å². The molecule has 2 N–H and O–H groups in total. The third kappa shape index (κ3) is 3.32. The first-order chi connectivity index (χ1) is 12.2. The van der Waals surface area contributed by atoms with Crippen molar-refractivity contribution in [3.8, 4) is 0 Å². The van der Waals surface area contributed by atoms with E-state index in [9.17, 15) is 4.79 Å². The highest BCUT2D eigenvalue weighted by molar-refractivity contribution is 5.79. The Balaban J connectivity index is 1.46. The summed E-state index contributed by atoms with van der Waals surface area (Å²) < 4.78 is 0. The van der Waals surface area contributed by atoms with Crippen LogP contribution in [0.3, 0.4) is 0 Å². The van der Waals surface area contributed by atoms with Crippen molar-refractivity contribution in [1.29, 1.82) is 0 Å². The van der Waals surface area contributed by atoms with E-state index < -0.39 is 0 Å². The zero-order valence-corrected chi connectivity index (χ0v) is 14.8. The van der Waals surface area contributed by atoms with Crippen LogP contribution in [0.4, 0.5) is 0 Å². The number of carbonyl (C=O) groups is 1. The Morgan fingerprint density at radius 3 is 2.84 bits per heavy atom. The van der Waals surface area contributed by atoms with Crippen molar-refractivity contribution < 1.29 is 4.79 Å². The molecule has 5 nitrogen and oxygen atoms in total. The summed E-state index contributed by atoms with van der Waals surface area (Å²) in [5.41, 5.74) is 6.18. The molecule has 2 unspecified atom stereocenters. The fourth-order valence-corrected chi connectivity index (χ4v) is 4.19. The molecule has 1 heterocycles. The molecular formula is C20H26N4O. The Labute approximate surface area is 148 Å². The zero-order valence-electron chi connectivity index (χ0n) is 14.8. The molecule has 0 saturated heterocycles. The second-order valence-electron chi connectivity index (χ2n) is 7.36. The van der Waals surface area contributed by atoms with Crippen LogP contribution in [0, 0.1) is 5.92 Å². The van der Waals surface area contributed by atoms with Crippen molar-refractivity contribution in [2.24, 2.45) is 5.92 Å². The number of rotatable bonds is 4. The molecule has 2 aliphatic carbocycles. The van der Waals surface area contributed by atoms with Crippen LogP contribution in [0.25, 0.3) is 0 Å². The number of aromatic amines is 1. The number of aryl methyl sites for hydroxylation is 3. The minimum atomic E-state index is 0.00396. The summed E-state index contributed by atoms with van der Waals surface area (Å²) in [5.74, 6) is 0.155. The van der Waals surface area contributed by atoms with Gasteiger partial charge in [0.05, 0.1) is 17.4 Å². The van der Waals surface area contributed by atoms with Gasteiger partial charge >= 0.3 is 0 Å². The van der Waals surface area contributed by atoms with Crippen molar-refractivity contribution in [1.82, 2.24) is 20.7 Å². The molecule has 1 aromatic carbocycles. The van der Waals surface area contributed by atoms with Crippen molar-refractivity contribution in [3.63, 3.8) is 0 Å². The van der Waals surface area contributed by atoms with E-state index in [1.54, 1.807) is 0 Å². The second-order valence-corrected chi connectivity index (χ2v) is 7.36. The number of nitrogens with zero attached hydrogens (tertiary/aromatic N) is 2. The minimum Gasteiger partial charge on any atom is -0.349 e. The van der Waals surface area contributed by atoms with Crippen LogP contribution in [0.15, 0.2) is 18.2 Å². The Bertz CT molecular complexity index is 767. The smallest absolute Gasteiger partial charge is 0.223 e. The van der Waals surface area contributed by atoms with Gasteiger partial charge in [-0.3, -0.25) is 4.79 Å². The fraction of sp³-hybridized carbons (Fsp3) is 0.550. The van der Waals surface area contributed by atoms with Crippen LogP contribution in [-0.2, 0) is 30.5 Å². The second kappa shape index (κ2) is 6.98. The first-order valence-electron chi connectivity index (χ1n) is 9.55. The quantitative estimate of drug-likeness (QED) is 0.900. The van der Waals surface area contributed by atoms with E-state index >= 15 is 0 Å². The van der Waals surface area contributed by atoms with Gasteiger partial charge in [0.1, 0.15) is 0 Å². The van der Waals surface area contributed by atoms with Gasteiger partial charge in [0, 0.05) is 12.3 Å². The highest BCUT2D eigenvalue weighted by Crippen LogP contribution is 2.27. The number of amides is 1. The molecule has 0 fully saturated rings. The van der Waals surface area contributed by atoms with Crippen LogP contribution in [0.5, 0.6) is 0 Å². The summed E-state index contributed by atoms with van der Waals surface area (Å²) in [4.78, 5) is 12.8. The maximum absolute atomic E-state index is 12.8. The van der Waals surface area contributed by atoms with Crippen LogP contribution in [0.1, 0.15) is 66.7 Å². The van der Waals surface area contributed by atoms with E-state index in [4.69, 9.17) is 0 Å². The maximum atomic E-state index is 12.8. The van der Waals surface area contributed by atoms with E-state index in [-0.39, 0.29) is 17.9 Å².